The van der Waals surface area contributed by atoms with Gasteiger partial charge < -0.3 is 16.0 Å². The second-order valence-electron chi connectivity index (χ2n) is 3.47. The monoisotopic (exact) mass is 217 g/mol. The largest absolute Gasteiger partial charge is 0.355 e. The second-order valence-corrected chi connectivity index (χ2v) is 3.47. The molecule has 0 saturated carbocycles. The highest BCUT2D eigenvalue weighted by Crippen LogP contribution is 2.09. The Morgan fingerprint density at radius 3 is 2.73 bits per heavy atom. The summed E-state index contributed by atoms with van der Waals surface area (Å²) in [5.41, 5.74) is 0. The van der Waals surface area contributed by atoms with Crippen LogP contribution in [0.15, 0.2) is 0 Å². The first-order valence-electron chi connectivity index (χ1n) is 5.05. The summed E-state index contributed by atoms with van der Waals surface area (Å²) in [6.07, 6.45) is -0.786. The van der Waals surface area contributed by atoms with Crippen LogP contribution in [0.2, 0.25) is 0 Å². The maximum Gasteiger partial charge on any atom is 0.239 e. The van der Waals surface area contributed by atoms with Gasteiger partial charge in [-0.1, -0.05) is 0 Å². The molecule has 1 fully saturated rings. The molecule has 1 aliphatic heterocycles. The number of carbonyl (C=O) groups excluding carboxylic acids is 2. The van der Waals surface area contributed by atoms with E-state index in [1.165, 1.54) is 0 Å². The summed E-state index contributed by atoms with van der Waals surface area (Å²) in [4.78, 5) is 22.4. The summed E-state index contributed by atoms with van der Waals surface area (Å²) in [5.74, 6) is -0.554. The van der Waals surface area contributed by atoms with E-state index in [1.54, 1.807) is 6.92 Å². The van der Waals surface area contributed by atoms with Crippen LogP contribution in [0.5, 0.6) is 0 Å². The SMILES string of the molecule is CCNC(=O)CNC(=O)[C@H]1C[C@H](F)CN1. The molecule has 2 amide bonds. The molecular formula is C9H16FN3O2. The molecule has 86 valence electrons. The topological polar surface area (TPSA) is 70.2 Å². The lowest BCUT2D eigenvalue weighted by molar-refractivity contribution is -0.127. The first kappa shape index (κ1) is 11.9. The first-order valence-corrected chi connectivity index (χ1v) is 5.05. The highest BCUT2D eigenvalue weighted by Gasteiger charge is 2.29. The Morgan fingerprint density at radius 2 is 2.20 bits per heavy atom. The smallest absolute Gasteiger partial charge is 0.239 e. The van der Waals surface area contributed by atoms with Gasteiger partial charge in [0.2, 0.25) is 11.8 Å². The van der Waals surface area contributed by atoms with Crippen molar-refractivity contribution in [2.75, 3.05) is 19.6 Å². The van der Waals surface area contributed by atoms with E-state index < -0.39 is 12.2 Å². The molecule has 15 heavy (non-hydrogen) atoms. The Bertz CT molecular complexity index is 248. The molecule has 3 N–H and O–H groups in total. The number of hydrogen-bond acceptors (Lipinski definition) is 3. The quantitative estimate of drug-likeness (QED) is 0.562. The van der Waals surface area contributed by atoms with Gasteiger partial charge in [-0.2, -0.15) is 0 Å². The minimum absolute atomic E-state index is 0.0538. The lowest BCUT2D eigenvalue weighted by atomic mass is 10.2. The number of hydrogen-bond donors (Lipinski definition) is 3. The fraction of sp³-hybridized carbons (Fsp3) is 0.778. The minimum Gasteiger partial charge on any atom is -0.355 e. The molecule has 0 aromatic carbocycles. The summed E-state index contributed by atoms with van der Waals surface area (Å²) < 4.78 is 12.7. The third-order valence-electron chi connectivity index (χ3n) is 2.19. The molecule has 0 unspecified atom stereocenters. The van der Waals surface area contributed by atoms with E-state index in [4.69, 9.17) is 0 Å². The van der Waals surface area contributed by atoms with E-state index in [9.17, 15) is 14.0 Å². The third kappa shape index (κ3) is 3.83. The van der Waals surface area contributed by atoms with Crippen molar-refractivity contribution in [1.29, 1.82) is 0 Å². The number of carbonyl (C=O) groups is 2. The van der Waals surface area contributed by atoms with Crippen molar-refractivity contribution in [3.05, 3.63) is 0 Å². The lowest BCUT2D eigenvalue weighted by Crippen LogP contribution is -2.44. The molecule has 1 aliphatic rings. The van der Waals surface area contributed by atoms with Crippen LogP contribution in [0.3, 0.4) is 0 Å². The van der Waals surface area contributed by atoms with Crippen molar-refractivity contribution in [3.8, 4) is 0 Å². The van der Waals surface area contributed by atoms with Gasteiger partial charge in [0.25, 0.3) is 0 Å². The van der Waals surface area contributed by atoms with Crippen LogP contribution in [0.4, 0.5) is 4.39 Å². The standard InChI is InChI=1S/C9H16FN3O2/c1-2-11-8(14)5-13-9(15)7-3-6(10)4-12-7/h6-7,12H,2-5H2,1H3,(H,11,14)(H,13,15)/t6-,7+/m0/s1. The zero-order valence-electron chi connectivity index (χ0n) is 8.68. The zero-order chi connectivity index (χ0) is 11.3. The van der Waals surface area contributed by atoms with E-state index in [1.807, 2.05) is 0 Å². The Kier molecular flexibility index (Phi) is 4.48. The van der Waals surface area contributed by atoms with Crippen molar-refractivity contribution in [1.82, 2.24) is 16.0 Å². The number of halogens is 1. The fourth-order valence-electron chi connectivity index (χ4n) is 1.44. The third-order valence-corrected chi connectivity index (χ3v) is 2.19. The van der Waals surface area contributed by atoms with Gasteiger partial charge in [-0.3, -0.25) is 9.59 Å². The Morgan fingerprint density at radius 1 is 1.47 bits per heavy atom. The summed E-state index contributed by atoms with van der Waals surface area (Å²) in [7, 11) is 0. The summed E-state index contributed by atoms with van der Waals surface area (Å²) in [5, 5.41) is 7.74. The maximum atomic E-state index is 12.7. The Balaban J connectivity index is 2.21. The van der Waals surface area contributed by atoms with E-state index in [-0.39, 0.29) is 31.3 Å². The average Bonchev–Trinajstić information content (AvgIpc) is 2.62. The second kappa shape index (κ2) is 5.65. The van der Waals surface area contributed by atoms with Crippen molar-refractivity contribution in [3.63, 3.8) is 0 Å². The van der Waals surface area contributed by atoms with Gasteiger partial charge in [-0.25, -0.2) is 4.39 Å². The fourth-order valence-corrected chi connectivity index (χ4v) is 1.44. The van der Waals surface area contributed by atoms with Crippen molar-refractivity contribution >= 4 is 11.8 Å². The van der Waals surface area contributed by atoms with Crippen LogP contribution in [0.25, 0.3) is 0 Å². The molecular weight excluding hydrogens is 201 g/mol. The van der Waals surface area contributed by atoms with E-state index in [0.29, 0.717) is 6.54 Å². The molecule has 0 aromatic rings. The highest BCUT2D eigenvalue weighted by molar-refractivity contribution is 5.87. The van der Waals surface area contributed by atoms with E-state index in [2.05, 4.69) is 16.0 Å². The van der Waals surface area contributed by atoms with Crippen molar-refractivity contribution < 1.29 is 14.0 Å². The van der Waals surface area contributed by atoms with Gasteiger partial charge in [-0.05, 0) is 6.92 Å². The molecule has 1 saturated heterocycles. The predicted molar refractivity (Wildman–Crippen MR) is 53.0 cm³/mol. The molecule has 0 aromatic heterocycles. The first-order chi connectivity index (χ1) is 7.13. The lowest BCUT2D eigenvalue weighted by Gasteiger charge is -2.10. The van der Waals surface area contributed by atoms with E-state index in [0.717, 1.165) is 0 Å². The predicted octanol–water partition coefficient (Wildman–Crippen LogP) is -1.06. The molecule has 0 spiro atoms. The molecule has 1 rings (SSSR count). The molecule has 5 nitrogen and oxygen atoms in total. The highest BCUT2D eigenvalue weighted by atomic mass is 19.1. The van der Waals surface area contributed by atoms with Gasteiger partial charge in [0.1, 0.15) is 6.17 Å². The van der Waals surface area contributed by atoms with Crippen LogP contribution in [-0.4, -0.2) is 43.7 Å². The minimum atomic E-state index is -0.967. The van der Waals surface area contributed by atoms with Crippen molar-refractivity contribution in [2.24, 2.45) is 0 Å². The van der Waals surface area contributed by atoms with Gasteiger partial charge in [0, 0.05) is 19.5 Å². The summed E-state index contributed by atoms with van der Waals surface area (Å²) >= 11 is 0. The van der Waals surface area contributed by atoms with Gasteiger partial charge in [-0.15, -0.1) is 0 Å². The van der Waals surface area contributed by atoms with Crippen LogP contribution >= 0.6 is 0 Å². The Labute approximate surface area is 87.8 Å². The zero-order valence-corrected chi connectivity index (χ0v) is 8.68. The van der Waals surface area contributed by atoms with E-state index >= 15 is 0 Å². The molecule has 0 aliphatic carbocycles. The number of amides is 2. The molecule has 0 bridgehead atoms. The average molecular weight is 217 g/mol. The van der Waals surface area contributed by atoms with Gasteiger partial charge >= 0.3 is 0 Å². The van der Waals surface area contributed by atoms with Crippen molar-refractivity contribution in [2.45, 2.75) is 25.6 Å². The number of alkyl halides is 1. The normalized spacial score (nSPS) is 24.9. The molecule has 6 heteroatoms. The van der Waals surface area contributed by atoms with Crippen LogP contribution in [0, 0.1) is 0 Å². The van der Waals surface area contributed by atoms with Crippen LogP contribution in [-0.2, 0) is 9.59 Å². The van der Waals surface area contributed by atoms with Crippen LogP contribution in [0.1, 0.15) is 13.3 Å². The number of likely N-dealkylation sites (N-methyl/N-ethyl adjacent to an activating group) is 1. The summed E-state index contributed by atoms with van der Waals surface area (Å²) in [6, 6.07) is -0.505. The van der Waals surface area contributed by atoms with Gasteiger partial charge in [0.05, 0.1) is 12.6 Å². The van der Waals surface area contributed by atoms with Crippen LogP contribution < -0.4 is 16.0 Å². The maximum absolute atomic E-state index is 12.7. The summed E-state index contributed by atoms with van der Waals surface area (Å²) in [6.45, 7) is 2.48. The molecule has 0 radical (unpaired) electrons. The number of rotatable bonds is 4. The molecule has 1 heterocycles. The molecule has 2 atom stereocenters. The Hall–Kier alpha value is -1.17. The van der Waals surface area contributed by atoms with Gasteiger partial charge in [0.15, 0.2) is 0 Å². The number of nitrogens with one attached hydrogen (secondary N) is 3.